The third kappa shape index (κ3) is 5.85. The number of H-pyrrole nitrogens is 1. The first-order chi connectivity index (χ1) is 14.6. The summed E-state index contributed by atoms with van der Waals surface area (Å²) in [6, 6.07) is 0. The second kappa shape index (κ2) is 8.90. The van der Waals surface area contributed by atoms with Gasteiger partial charge in [0, 0.05) is 0 Å². The van der Waals surface area contributed by atoms with Gasteiger partial charge in [-0.25, -0.2) is 18.4 Å². The molecule has 1 fully saturated rings. The first kappa shape index (κ1) is 25.5. The average molecular weight is 539 g/mol. The number of ether oxygens (including phenoxy) is 1. The van der Waals surface area contributed by atoms with Crippen LogP contribution in [0, 0.1) is 0 Å². The van der Waals surface area contributed by atoms with Crippen LogP contribution in [0.15, 0.2) is 11.1 Å². The second-order valence-electron chi connectivity index (χ2n) is 6.21. The Morgan fingerprint density at radius 1 is 1.22 bits per heavy atom. The van der Waals surface area contributed by atoms with Crippen LogP contribution >= 0.6 is 22.4 Å². The van der Waals surface area contributed by atoms with Crippen molar-refractivity contribution in [1.82, 2.24) is 19.5 Å². The molecule has 0 aromatic carbocycles. The summed E-state index contributed by atoms with van der Waals surface area (Å²) in [5, 5.41) is 20.5. The van der Waals surface area contributed by atoms with Crippen LogP contribution in [0.4, 0.5) is 5.95 Å². The molecule has 2 aromatic rings. The van der Waals surface area contributed by atoms with Gasteiger partial charge in [-0.3, -0.25) is 14.3 Å². The maximum Gasteiger partial charge on any atom is 0.488 e. The van der Waals surface area contributed by atoms with E-state index in [1.807, 2.05) is 0 Å². The molecule has 1 saturated heterocycles. The van der Waals surface area contributed by atoms with Crippen LogP contribution in [0.25, 0.3) is 11.2 Å². The van der Waals surface area contributed by atoms with E-state index in [0.717, 1.165) is 10.9 Å². The third-order valence-corrected chi connectivity index (χ3v) is 8.60. The zero-order valence-electron chi connectivity index (χ0n) is 15.3. The van der Waals surface area contributed by atoms with E-state index in [-0.39, 0.29) is 17.1 Å². The molecule has 32 heavy (non-hydrogen) atoms. The summed E-state index contributed by atoms with van der Waals surface area (Å²) in [6.07, 6.45) is -4.93. The highest BCUT2D eigenvalue weighted by molar-refractivity contribution is 8.08. The minimum Gasteiger partial charge on any atom is -0.387 e. The molecule has 0 radical (unpaired) electrons. The van der Waals surface area contributed by atoms with Gasteiger partial charge in [-0.1, -0.05) is 0 Å². The van der Waals surface area contributed by atoms with Crippen molar-refractivity contribution >= 4 is 51.3 Å². The van der Waals surface area contributed by atoms with Crippen LogP contribution in [0.3, 0.4) is 0 Å². The molecule has 3 unspecified atom stereocenters. The Bertz CT molecular complexity index is 1210. The number of phosphoric acid groups is 2. The summed E-state index contributed by atoms with van der Waals surface area (Å²) in [5.74, 6) is -0.249. The number of aromatic amines is 1. The van der Waals surface area contributed by atoms with E-state index < -0.39 is 59.1 Å². The van der Waals surface area contributed by atoms with Crippen LogP contribution in [0.5, 0.6) is 0 Å². The fourth-order valence-corrected chi connectivity index (χ4v) is 6.67. The number of rotatable bonds is 8. The van der Waals surface area contributed by atoms with Crippen LogP contribution in [-0.4, -0.2) is 74.2 Å². The Morgan fingerprint density at radius 3 is 2.50 bits per heavy atom. The molecular weight excluding hydrogens is 523 g/mol. The Balaban J connectivity index is 1.72. The Kier molecular flexibility index (Phi) is 7.09. The van der Waals surface area contributed by atoms with Crippen molar-refractivity contribution in [1.29, 1.82) is 0 Å². The quantitative estimate of drug-likeness (QED) is 0.165. The van der Waals surface area contributed by atoms with Crippen molar-refractivity contribution in [3.8, 4) is 0 Å². The first-order valence-corrected chi connectivity index (χ1v) is 13.7. The summed E-state index contributed by atoms with van der Waals surface area (Å²) < 4.78 is 41.1. The van der Waals surface area contributed by atoms with Crippen LogP contribution in [0.1, 0.15) is 6.23 Å². The fraction of sp³-hybridized carbons (Fsp3) is 0.500. The monoisotopic (exact) mass is 539 g/mol. The van der Waals surface area contributed by atoms with E-state index in [4.69, 9.17) is 24.8 Å². The highest BCUT2D eigenvalue weighted by Crippen LogP contribution is 2.66. The number of fused-ring (bicyclic) bond motifs is 1. The summed E-state index contributed by atoms with van der Waals surface area (Å²) in [5.41, 5.74) is 4.62. The molecule has 18 nitrogen and oxygen atoms in total. The number of aliphatic hydroxyl groups is 2. The van der Waals surface area contributed by atoms with Crippen LogP contribution < -0.4 is 11.3 Å². The summed E-state index contributed by atoms with van der Waals surface area (Å²) in [4.78, 5) is 58.0. The highest BCUT2D eigenvalue weighted by atomic mass is 32.5. The van der Waals surface area contributed by atoms with Crippen molar-refractivity contribution in [2.45, 2.75) is 24.5 Å². The minimum absolute atomic E-state index is 0.0736. The molecule has 3 heterocycles. The molecular formula is C10H16N5O13P3S. The van der Waals surface area contributed by atoms with Crippen molar-refractivity contribution in [3.63, 3.8) is 0 Å². The summed E-state index contributed by atoms with van der Waals surface area (Å²) >= 11 is 4.46. The molecule has 0 spiro atoms. The maximum absolute atomic E-state index is 11.9. The zero-order valence-corrected chi connectivity index (χ0v) is 18.8. The van der Waals surface area contributed by atoms with Gasteiger partial charge in [-0.05, 0) is 11.8 Å². The molecule has 180 valence electrons. The molecule has 0 aliphatic carbocycles. The molecule has 0 bridgehead atoms. The Labute approximate surface area is 181 Å². The topological polar surface area (TPSA) is 282 Å². The van der Waals surface area contributed by atoms with E-state index in [1.54, 1.807) is 0 Å². The normalized spacial score (nSPS) is 27.9. The molecule has 22 heteroatoms. The van der Waals surface area contributed by atoms with Crippen molar-refractivity contribution < 1.29 is 56.8 Å². The van der Waals surface area contributed by atoms with Crippen molar-refractivity contribution in [3.05, 3.63) is 16.7 Å². The zero-order chi connectivity index (χ0) is 24.1. The van der Waals surface area contributed by atoms with E-state index in [1.165, 1.54) is 0 Å². The van der Waals surface area contributed by atoms with Crippen LogP contribution in [0.2, 0.25) is 0 Å². The average Bonchev–Trinajstić information content (AvgIpc) is 3.12. The highest BCUT2D eigenvalue weighted by Gasteiger charge is 2.46. The molecule has 0 amide bonds. The van der Waals surface area contributed by atoms with E-state index >= 15 is 0 Å². The largest absolute Gasteiger partial charge is 0.488 e. The summed E-state index contributed by atoms with van der Waals surface area (Å²) in [6.45, 7) is -5.45. The van der Waals surface area contributed by atoms with E-state index in [9.17, 15) is 33.9 Å². The lowest BCUT2D eigenvalue weighted by molar-refractivity contribution is -0.0486. The number of hydrogen-bond acceptors (Lipinski definition) is 13. The third-order valence-electron chi connectivity index (χ3n) is 3.88. The summed E-state index contributed by atoms with van der Waals surface area (Å²) in [7, 11) is -11.0. The maximum atomic E-state index is 11.9. The van der Waals surface area contributed by atoms with Gasteiger partial charge in [-0.2, -0.15) is 9.29 Å². The number of anilines is 1. The van der Waals surface area contributed by atoms with E-state index in [0.29, 0.717) is 0 Å². The van der Waals surface area contributed by atoms with Crippen molar-refractivity contribution in [2.24, 2.45) is 0 Å². The lowest BCUT2D eigenvalue weighted by Gasteiger charge is -2.21. The molecule has 9 N–H and O–H groups in total. The van der Waals surface area contributed by atoms with Gasteiger partial charge in [0.1, 0.15) is 18.3 Å². The van der Waals surface area contributed by atoms with Crippen LogP contribution in [-0.2, 0) is 38.8 Å². The number of nitrogens with two attached hydrogens (primary N) is 1. The van der Waals surface area contributed by atoms with Gasteiger partial charge in [0.2, 0.25) is 5.95 Å². The predicted molar refractivity (Wildman–Crippen MR) is 105 cm³/mol. The van der Waals surface area contributed by atoms with Gasteiger partial charge in [0.25, 0.3) is 5.56 Å². The number of nitrogens with one attached hydrogen (secondary N) is 1. The molecule has 6 atom stereocenters. The number of aliphatic hydroxyl groups excluding tert-OH is 2. The fourth-order valence-electron chi connectivity index (χ4n) is 2.70. The number of aromatic nitrogens is 4. The van der Waals surface area contributed by atoms with E-state index in [2.05, 4.69) is 35.4 Å². The first-order valence-electron chi connectivity index (χ1n) is 8.11. The van der Waals surface area contributed by atoms with Gasteiger partial charge in [0.15, 0.2) is 17.4 Å². The standard InChI is InChI=1S/C10H16N5O13P3S/c11-10-13-7-4(8(18)14-10)12-2-15(7)9-6(17)5(16)3(26-9)1-25-31(24,32)28-30(22,23)27-29(19,20)21/h2-3,5-6,9,16-17H,1H2,(H,22,23)(H,24,32)(H2,19,20,21)(H3,11,13,14,18)/t3-,5?,6+,9-,31?/m1/s1. The lowest BCUT2D eigenvalue weighted by atomic mass is 10.1. The second-order valence-corrected chi connectivity index (χ2v) is 12.0. The van der Waals surface area contributed by atoms with Gasteiger partial charge in [0.05, 0.1) is 12.9 Å². The number of nitrogens with zero attached hydrogens (tertiary/aromatic N) is 3. The van der Waals surface area contributed by atoms with Gasteiger partial charge in [-0.15, -0.1) is 0 Å². The van der Waals surface area contributed by atoms with Gasteiger partial charge < -0.3 is 44.8 Å². The van der Waals surface area contributed by atoms with Crippen molar-refractivity contribution in [2.75, 3.05) is 12.3 Å². The SMILES string of the molecule is Nc1nc2c(ncn2[C@@H]2O[C@H](COP(O)(=S)OP(=O)(O)OP(=O)(O)O)C(O)[C@@H]2O)c(=O)[nH]1. The van der Waals surface area contributed by atoms with Gasteiger partial charge >= 0.3 is 22.4 Å². The predicted octanol–water partition coefficient (Wildman–Crippen LogP) is -2.22. The number of hydrogen-bond donors (Lipinski definition) is 8. The Hall–Kier alpha value is -1.14. The number of nitrogen functional groups attached to an aromatic ring is 1. The minimum atomic E-state index is -5.52. The molecule has 0 saturated carbocycles. The molecule has 1 aliphatic rings. The Morgan fingerprint density at radius 2 is 1.88 bits per heavy atom. The smallest absolute Gasteiger partial charge is 0.387 e. The molecule has 3 rings (SSSR count). The number of imidazole rings is 1. The molecule has 1 aliphatic heterocycles. The molecule has 2 aromatic heterocycles. The lowest BCUT2D eigenvalue weighted by Crippen LogP contribution is -2.33.